The summed E-state index contributed by atoms with van der Waals surface area (Å²) < 4.78 is 60.0. The van der Waals surface area contributed by atoms with Gasteiger partial charge in [-0.15, -0.1) is 0 Å². The molecule has 0 bridgehead atoms. The first-order valence-electron chi connectivity index (χ1n) is 16.1. The summed E-state index contributed by atoms with van der Waals surface area (Å²) in [7, 11) is -3.83. The molecule has 3 saturated heterocycles. The van der Waals surface area contributed by atoms with Crippen molar-refractivity contribution in [1.29, 1.82) is 0 Å². The molecule has 47 heavy (non-hydrogen) atoms. The van der Waals surface area contributed by atoms with Crippen molar-refractivity contribution in [3.8, 4) is 0 Å². The number of benzene rings is 1. The fraction of sp³-hybridized carbons (Fsp3) is 0.581. The molecule has 6 rings (SSSR count). The van der Waals surface area contributed by atoms with Gasteiger partial charge < -0.3 is 31.9 Å². The minimum absolute atomic E-state index is 0.0701. The van der Waals surface area contributed by atoms with E-state index in [-0.39, 0.29) is 103 Å². The number of rotatable bonds is 8. The molecule has 4 aliphatic rings. The second-order valence-electron chi connectivity index (χ2n) is 13.0. The Bertz CT molecular complexity index is 1580. The van der Waals surface area contributed by atoms with Crippen molar-refractivity contribution in [1.82, 2.24) is 19.9 Å². The Labute approximate surface area is 278 Å². The van der Waals surface area contributed by atoms with Crippen molar-refractivity contribution in [2.45, 2.75) is 61.0 Å². The summed E-state index contributed by atoms with van der Waals surface area (Å²) in [5, 5.41) is 6.03. The molecule has 2 aromatic rings. The van der Waals surface area contributed by atoms with Gasteiger partial charge in [-0.1, -0.05) is 11.6 Å². The lowest BCUT2D eigenvalue weighted by molar-refractivity contribution is -0.129. The number of hydrogen-bond donors (Lipinski definition) is 4. The molecule has 2 amide bonds. The number of nitrogens with one attached hydrogen (secondary N) is 2. The predicted octanol–water partition coefficient (Wildman–Crippen LogP) is 1.62. The third-order valence-electron chi connectivity index (χ3n) is 9.87. The quantitative estimate of drug-likeness (QED) is 0.301. The van der Waals surface area contributed by atoms with Crippen LogP contribution in [0.15, 0.2) is 41.3 Å². The van der Waals surface area contributed by atoms with Gasteiger partial charge in [0.1, 0.15) is 11.0 Å². The molecule has 1 aromatic carbocycles. The maximum atomic E-state index is 15.9. The van der Waals surface area contributed by atoms with Crippen molar-refractivity contribution in [2.24, 2.45) is 23.3 Å². The van der Waals surface area contributed by atoms with E-state index in [0.29, 0.717) is 38.2 Å². The largest absolute Gasteiger partial charge is 0.354 e. The number of anilines is 2. The van der Waals surface area contributed by atoms with E-state index < -0.39 is 21.9 Å². The van der Waals surface area contributed by atoms with E-state index in [1.807, 2.05) is 0 Å². The third kappa shape index (κ3) is 7.10. The van der Waals surface area contributed by atoms with Gasteiger partial charge in [0, 0.05) is 87.4 Å². The van der Waals surface area contributed by atoms with E-state index in [1.54, 1.807) is 21.9 Å². The van der Waals surface area contributed by atoms with E-state index >= 15 is 8.78 Å². The molecule has 16 heteroatoms. The molecular formula is C31H41ClF2N8O4S. The molecule has 6 N–H and O–H groups in total. The summed E-state index contributed by atoms with van der Waals surface area (Å²) in [5.74, 6) is -4.45. The second-order valence-corrected chi connectivity index (χ2v) is 15.3. The Morgan fingerprint density at radius 1 is 1.02 bits per heavy atom. The number of amides is 2. The van der Waals surface area contributed by atoms with Gasteiger partial charge in [-0.25, -0.2) is 22.2 Å². The number of pyridine rings is 1. The third-order valence-corrected chi connectivity index (χ3v) is 12.0. The summed E-state index contributed by atoms with van der Waals surface area (Å²) >= 11 is 6.25. The summed E-state index contributed by atoms with van der Waals surface area (Å²) in [6.07, 6.45) is 1.35. The van der Waals surface area contributed by atoms with Gasteiger partial charge in [0.2, 0.25) is 21.8 Å². The number of carbonyl (C=O) groups is 2. The van der Waals surface area contributed by atoms with Crippen LogP contribution < -0.4 is 31.9 Å². The summed E-state index contributed by atoms with van der Waals surface area (Å²) in [6, 6.07) is 8.11. The SMILES string of the molecule is N[C@@H]1CC(=O)N(c2ccc(S(=O)(=O)N3CCN(c4cc(C(F)(F)C5CCC(C(=O)N[C@H]6CNC[C@H]6N)CC5)cc(Cl)n4)CC3)cc2)C1. The fourth-order valence-electron chi connectivity index (χ4n) is 7.04. The van der Waals surface area contributed by atoms with E-state index in [1.165, 1.54) is 28.6 Å². The van der Waals surface area contributed by atoms with Crippen LogP contribution >= 0.6 is 11.6 Å². The van der Waals surface area contributed by atoms with Gasteiger partial charge in [-0.2, -0.15) is 4.31 Å². The lowest BCUT2D eigenvalue weighted by Crippen LogP contribution is -2.49. The zero-order valence-corrected chi connectivity index (χ0v) is 27.5. The number of sulfonamides is 1. The zero-order chi connectivity index (χ0) is 33.5. The van der Waals surface area contributed by atoms with Gasteiger partial charge in [-0.05, 0) is 62.1 Å². The zero-order valence-electron chi connectivity index (χ0n) is 26.0. The van der Waals surface area contributed by atoms with Gasteiger partial charge in [0.25, 0.3) is 5.92 Å². The molecule has 256 valence electrons. The smallest absolute Gasteiger partial charge is 0.276 e. The fourth-order valence-corrected chi connectivity index (χ4v) is 8.66. The lowest BCUT2D eigenvalue weighted by Gasteiger charge is -2.36. The van der Waals surface area contributed by atoms with Crippen LogP contribution in [0, 0.1) is 11.8 Å². The Balaban J connectivity index is 1.06. The van der Waals surface area contributed by atoms with E-state index in [0.717, 1.165) is 0 Å². The number of alkyl halides is 2. The van der Waals surface area contributed by atoms with Crippen molar-refractivity contribution in [2.75, 3.05) is 55.6 Å². The lowest BCUT2D eigenvalue weighted by atomic mass is 9.77. The minimum atomic E-state index is -3.83. The standard InChI is InChI=1S/C31H41ClF2N8O4S/c32-27-13-21(31(33,34)20-3-1-19(2-4-20)30(44)38-26-17-37-16-25(26)36)14-28(39-27)40-9-11-41(12-10-40)47(45,46)24-7-5-23(6-8-24)42-18-22(35)15-29(42)43/h5-8,13-14,19-20,22,25-26,37H,1-4,9-12,15-18,35-36H2,(H,38,44)/t19?,20?,22-,25-,26+/m1/s1. The average Bonchev–Trinajstić information content (AvgIpc) is 3.63. The van der Waals surface area contributed by atoms with Gasteiger partial charge in [0.05, 0.1) is 10.9 Å². The molecule has 1 aliphatic carbocycles. The van der Waals surface area contributed by atoms with Crippen LogP contribution in [0.4, 0.5) is 20.3 Å². The first-order valence-corrected chi connectivity index (χ1v) is 17.9. The van der Waals surface area contributed by atoms with E-state index in [9.17, 15) is 18.0 Å². The molecule has 3 aliphatic heterocycles. The number of halogens is 3. The van der Waals surface area contributed by atoms with Gasteiger partial charge >= 0.3 is 0 Å². The van der Waals surface area contributed by atoms with E-state index in [4.69, 9.17) is 23.1 Å². The van der Waals surface area contributed by atoms with Crippen molar-refractivity contribution >= 4 is 44.9 Å². The molecule has 0 unspecified atom stereocenters. The number of aromatic nitrogens is 1. The van der Waals surface area contributed by atoms with Crippen LogP contribution in [0.3, 0.4) is 0 Å². The number of nitrogens with zero attached hydrogens (tertiary/aromatic N) is 4. The van der Waals surface area contributed by atoms with Crippen LogP contribution in [-0.4, -0.2) is 93.5 Å². The maximum Gasteiger partial charge on any atom is 0.276 e. The van der Waals surface area contributed by atoms with E-state index in [2.05, 4.69) is 15.6 Å². The maximum absolute atomic E-state index is 15.9. The Kier molecular flexibility index (Phi) is 9.76. The first-order chi connectivity index (χ1) is 22.3. The summed E-state index contributed by atoms with van der Waals surface area (Å²) in [4.78, 5) is 32.6. The Morgan fingerprint density at radius 2 is 1.70 bits per heavy atom. The molecule has 4 fully saturated rings. The highest BCUT2D eigenvalue weighted by Gasteiger charge is 2.45. The number of piperazine rings is 1. The normalized spacial score (nSPS) is 27.8. The predicted molar refractivity (Wildman–Crippen MR) is 174 cm³/mol. The number of carbonyl (C=O) groups excluding carboxylic acids is 2. The van der Waals surface area contributed by atoms with Crippen LogP contribution in [0.1, 0.15) is 37.7 Å². The number of nitrogens with two attached hydrogens (primary N) is 2. The molecule has 1 aromatic heterocycles. The highest BCUT2D eigenvalue weighted by molar-refractivity contribution is 7.89. The highest BCUT2D eigenvalue weighted by Crippen LogP contribution is 2.46. The Hall–Kier alpha value is -2.95. The molecule has 4 heterocycles. The molecule has 0 radical (unpaired) electrons. The van der Waals surface area contributed by atoms with Crippen molar-refractivity contribution < 1.29 is 26.8 Å². The van der Waals surface area contributed by atoms with Crippen LogP contribution in [-0.2, 0) is 25.5 Å². The Morgan fingerprint density at radius 3 is 2.30 bits per heavy atom. The molecule has 12 nitrogen and oxygen atoms in total. The summed E-state index contributed by atoms with van der Waals surface area (Å²) in [6.45, 7) is 2.32. The van der Waals surface area contributed by atoms with Crippen LogP contribution in [0.25, 0.3) is 0 Å². The van der Waals surface area contributed by atoms with Crippen molar-refractivity contribution in [3.63, 3.8) is 0 Å². The monoisotopic (exact) mass is 694 g/mol. The molecule has 1 saturated carbocycles. The second kappa shape index (κ2) is 13.5. The van der Waals surface area contributed by atoms with Gasteiger partial charge in [0.15, 0.2) is 0 Å². The van der Waals surface area contributed by atoms with Crippen LogP contribution in [0.2, 0.25) is 5.15 Å². The minimum Gasteiger partial charge on any atom is -0.354 e. The molecule has 0 spiro atoms. The van der Waals surface area contributed by atoms with Crippen molar-refractivity contribution in [3.05, 3.63) is 47.1 Å². The molecule has 3 atom stereocenters. The average molecular weight is 695 g/mol. The number of hydrogen-bond acceptors (Lipinski definition) is 9. The topological polar surface area (TPSA) is 167 Å². The van der Waals surface area contributed by atoms with Gasteiger partial charge in [-0.3, -0.25) is 9.59 Å². The molecular weight excluding hydrogens is 654 g/mol. The summed E-state index contributed by atoms with van der Waals surface area (Å²) in [5.41, 5.74) is 12.2. The van der Waals surface area contributed by atoms with Crippen LogP contribution in [0.5, 0.6) is 0 Å². The first kappa shape index (κ1) is 33.9. The highest BCUT2D eigenvalue weighted by atomic mass is 35.5.